The van der Waals surface area contributed by atoms with Crippen LogP contribution in [0.25, 0.3) is 0 Å². The van der Waals surface area contributed by atoms with E-state index in [-0.39, 0.29) is 12.1 Å². The number of aliphatic hydroxyl groups is 1. The van der Waals surface area contributed by atoms with Crippen LogP contribution in [0.1, 0.15) is 50.8 Å². The molecular weight excluding hydrogens is 238 g/mol. The van der Waals surface area contributed by atoms with Gasteiger partial charge in [-0.05, 0) is 39.8 Å². The first-order chi connectivity index (χ1) is 9.04. The van der Waals surface area contributed by atoms with Gasteiger partial charge in [0.1, 0.15) is 5.75 Å². The molecule has 0 aliphatic heterocycles. The van der Waals surface area contributed by atoms with Gasteiger partial charge in [0.2, 0.25) is 0 Å². The predicted octanol–water partition coefficient (Wildman–Crippen LogP) is 3.21. The molecule has 2 unspecified atom stereocenters. The minimum absolute atomic E-state index is 0.279. The Morgan fingerprint density at radius 2 is 2.05 bits per heavy atom. The fourth-order valence-corrected chi connectivity index (χ4v) is 1.95. The van der Waals surface area contributed by atoms with Crippen LogP contribution in [0.5, 0.6) is 5.75 Å². The van der Waals surface area contributed by atoms with Crippen molar-refractivity contribution in [3.63, 3.8) is 0 Å². The summed E-state index contributed by atoms with van der Waals surface area (Å²) in [5, 5.41) is 12.8. The van der Waals surface area contributed by atoms with E-state index in [4.69, 9.17) is 4.74 Å². The molecule has 0 aliphatic rings. The molecule has 3 nitrogen and oxygen atoms in total. The Morgan fingerprint density at radius 3 is 2.68 bits per heavy atom. The highest BCUT2D eigenvalue weighted by Gasteiger charge is 2.11. The molecule has 0 amide bonds. The lowest BCUT2D eigenvalue weighted by Crippen LogP contribution is -2.20. The molecule has 0 aromatic heterocycles. The van der Waals surface area contributed by atoms with Crippen molar-refractivity contribution in [2.24, 2.45) is 0 Å². The number of hydrogen-bond acceptors (Lipinski definition) is 3. The van der Waals surface area contributed by atoms with E-state index < -0.39 is 0 Å². The molecular formula is C16H27NO2. The Morgan fingerprint density at radius 1 is 1.32 bits per heavy atom. The minimum atomic E-state index is -0.315. The average molecular weight is 265 g/mol. The van der Waals surface area contributed by atoms with Crippen molar-refractivity contribution in [2.45, 2.75) is 52.7 Å². The summed E-state index contributed by atoms with van der Waals surface area (Å²) in [6.45, 7) is 9.75. The van der Waals surface area contributed by atoms with Gasteiger partial charge in [-0.1, -0.05) is 24.6 Å². The van der Waals surface area contributed by atoms with E-state index in [1.54, 1.807) is 6.92 Å². The molecule has 0 saturated carbocycles. The Balaban J connectivity index is 2.73. The van der Waals surface area contributed by atoms with Crippen LogP contribution in [0.4, 0.5) is 0 Å². The van der Waals surface area contributed by atoms with Gasteiger partial charge in [0.05, 0.1) is 12.7 Å². The molecule has 108 valence electrons. The third-order valence-corrected chi connectivity index (χ3v) is 3.13. The van der Waals surface area contributed by atoms with Crippen LogP contribution in [0.2, 0.25) is 0 Å². The molecule has 0 heterocycles. The van der Waals surface area contributed by atoms with E-state index in [9.17, 15) is 5.11 Å². The maximum atomic E-state index is 9.28. The van der Waals surface area contributed by atoms with Gasteiger partial charge < -0.3 is 15.2 Å². The fourth-order valence-electron chi connectivity index (χ4n) is 1.95. The molecule has 0 aliphatic carbocycles. The summed E-state index contributed by atoms with van der Waals surface area (Å²) in [4.78, 5) is 0. The van der Waals surface area contributed by atoms with E-state index in [1.807, 2.05) is 6.07 Å². The van der Waals surface area contributed by atoms with Crippen LogP contribution in [0.3, 0.4) is 0 Å². The molecule has 1 rings (SSSR count). The van der Waals surface area contributed by atoms with Crippen LogP contribution >= 0.6 is 0 Å². The van der Waals surface area contributed by atoms with Gasteiger partial charge in [-0.3, -0.25) is 0 Å². The molecule has 19 heavy (non-hydrogen) atoms. The number of aliphatic hydroxyl groups excluding tert-OH is 1. The van der Waals surface area contributed by atoms with Crippen LogP contribution in [-0.4, -0.2) is 24.4 Å². The second kappa shape index (κ2) is 8.18. The molecule has 0 fully saturated rings. The molecule has 0 bridgehead atoms. The Bertz CT molecular complexity index is 377. The van der Waals surface area contributed by atoms with E-state index >= 15 is 0 Å². The Hall–Kier alpha value is -1.06. The van der Waals surface area contributed by atoms with Crippen LogP contribution in [0.15, 0.2) is 18.2 Å². The minimum Gasteiger partial charge on any atom is -0.493 e. The highest BCUT2D eigenvalue weighted by molar-refractivity contribution is 5.39. The second-order valence-corrected chi connectivity index (χ2v) is 5.20. The summed E-state index contributed by atoms with van der Waals surface area (Å²) in [7, 11) is 0. The van der Waals surface area contributed by atoms with Crippen molar-refractivity contribution in [1.29, 1.82) is 0 Å². The van der Waals surface area contributed by atoms with Crippen LogP contribution in [-0.2, 0) is 0 Å². The lowest BCUT2D eigenvalue weighted by atomic mass is 10.0. The normalized spacial score (nSPS) is 14.2. The smallest absolute Gasteiger partial charge is 0.124 e. The Labute approximate surface area is 117 Å². The first-order valence-electron chi connectivity index (χ1n) is 7.19. The van der Waals surface area contributed by atoms with Crippen molar-refractivity contribution >= 4 is 0 Å². The molecule has 1 aromatic rings. The van der Waals surface area contributed by atoms with Gasteiger partial charge in [-0.15, -0.1) is 0 Å². The third kappa shape index (κ3) is 5.62. The summed E-state index contributed by atoms with van der Waals surface area (Å²) in [5.74, 6) is 0.919. The molecule has 3 heteroatoms. The van der Waals surface area contributed by atoms with Gasteiger partial charge in [-0.2, -0.15) is 0 Å². The molecule has 2 atom stereocenters. The largest absolute Gasteiger partial charge is 0.493 e. The summed E-state index contributed by atoms with van der Waals surface area (Å²) in [6, 6.07) is 6.54. The van der Waals surface area contributed by atoms with Gasteiger partial charge in [-0.25, -0.2) is 0 Å². The van der Waals surface area contributed by atoms with E-state index in [0.717, 1.165) is 18.7 Å². The molecule has 0 spiro atoms. The lowest BCUT2D eigenvalue weighted by Gasteiger charge is -2.19. The molecule has 0 radical (unpaired) electrons. The zero-order chi connectivity index (χ0) is 14.3. The van der Waals surface area contributed by atoms with E-state index in [0.29, 0.717) is 13.0 Å². The molecule has 0 saturated heterocycles. The predicted molar refractivity (Wildman–Crippen MR) is 79.7 cm³/mol. The molecule has 2 N–H and O–H groups in total. The zero-order valence-corrected chi connectivity index (χ0v) is 12.6. The maximum Gasteiger partial charge on any atom is 0.124 e. The highest BCUT2D eigenvalue weighted by atomic mass is 16.5. The van der Waals surface area contributed by atoms with Crippen LogP contribution < -0.4 is 10.1 Å². The van der Waals surface area contributed by atoms with Crippen molar-refractivity contribution < 1.29 is 9.84 Å². The Kier molecular flexibility index (Phi) is 6.89. The van der Waals surface area contributed by atoms with Crippen molar-refractivity contribution in [1.82, 2.24) is 5.32 Å². The number of aryl methyl sites for hydroxylation is 1. The summed E-state index contributed by atoms with van der Waals surface area (Å²) in [5.41, 5.74) is 2.43. The second-order valence-electron chi connectivity index (χ2n) is 5.20. The molecule has 1 aromatic carbocycles. The van der Waals surface area contributed by atoms with Gasteiger partial charge in [0.15, 0.2) is 0 Å². The standard InChI is InChI=1S/C16H27NO2/c1-5-9-17-14(4)15-11-12(2)6-7-16(15)19-10-8-13(3)18/h6-7,11,13-14,17-18H,5,8-10H2,1-4H3. The monoisotopic (exact) mass is 265 g/mol. The van der Waals surface area contributed by atoms with Gasteiger partial charge in [0, 0.05) is 18.0 Å². The SMILES string of the molecule is CCCNC(C)c1cc(C)ccc1OCCC(C)O. The quantitative estimate of drug-likeness (QED) is 0.758. The van der Waals surface area contributed by atoms with Crippen LogP contribution in [0, 0.1) is 6.92 Å². The van der Waals surface area contributed by atoms with E-state index in [1.165, 1.54) is 11.1 Å². The fraction of sp³-hybridized carbons (Fsp3) is 0.625. The number of benzene rings is 1. The number of hydrogen-bond donors (Lipinski definition) is 2. The van der Waals surface area contributed by atoms with Crippen molar-refractivity contribution in [3.05, 3.63) is 29.3 Å². The first kappa shape index (κ1) is 16.0. The topological polar surface area (TPSA) is 41.5 Å². The lowest BCUT2D eigenvalue weighted by molar-refractivity contribution is 0.155. The van der Waals surface area contributed by atoms with E-state index in [2.05, 4.69) is 38.2 Å². The maximum absolute atomic E-state index is 9.28. The van der Waals surface area contributed by atoms with Gasteiger partial charge >= 0.3 is 0 Å². The van der Waals surface area contributed by atoms with Crippen molar-refractivity contribution in [3.8, 4) is 5.75 Å². The highest BCUT2D eigenvalue weighted by Crippen LogP contribution is 2.26. The van der Waals surface area contributed by atoms with Gasteiger partial charge in [0.25, 0.3) is 0 Å². The number of ether oxygens (including phenoxy) is 1. The zero-order valence-electron chi connectivity index (χ0n) is 12.6. The number of nitrogens with one attached hydrogen (secondary N) is 1. The summed E-state index contributed by atoms with van der Waals surface area (Å²) >= 11 is 0. The summed E-state index contributed by atoms with van der Waals surface area (Å²) < 4.78 is 5.80. The number of rotatable bonds is 8. The average Bonchev–Trinajstić information content (AvgIpc) is 2.37. The third-order valence-electron chi connectivity index (χ3n) is 3.13. The van der Waals surface area contributed by atoms with Crippen molar-refractivity contribution in [2.75, 3.05) is 13.2 Å². The summed E-state index contributed by atoms with van der Waals surface area (Å²) in [6.07, 6.45) is 1.46. The first-order valence-corrected chi connectivity index (χ1v) is 7.19.